The summed E-state index contributed by atoms with van der Waals surface area (Å²) < 4.78 is 17.1. The van der Waals surface area contributed by atoms with Crippen molar-refractivity contribution in [1.29, 1.82) is 0 Å². The van der Waals surface area contributed by atoms with Gasteiger partial charge in [0.1, 0.15) is 0 Å². The van der Waals surface area contributed by atoms with Gasteiger partial charge in [0, 0.05) is 27.8 Å². The van der Waals surface area contributed by atoms with Crippen LogP contribution < -0.4 is 30.6 Å². The Kier molecular flexibility index (Phi) is 5.35. The molecule has 0 unspecified atom stereocenters. The van der Waals surface area contributed by atoms with Gasteiger partial charge in [-0.3, -0.25) is 0 Å². The van der Waals surface area contributed by atoms with Crippen LogP contribution >= 0.6 is 7.14 Å². The number of nitrogens with zero attached hydrogens (tertiary/aromatic N) is 3. The van der Waals surface area contributed by atoms with E-state index in [1.807, 2.05) is 0 Å². The highest BCUT2D eigenvalue weighted by Crippen LogP contribution is 2.68. The molecule has 49 heavy (non-hydrogen) atoms. The maximum atomic E-state index is 17.1. The lowest BCUT2D eigenvalue weighted by Crippen LogP contribution is -2.48. The van der Waals surface area contributed by atoms with Crippen LogP contribution in [-0.4, -0.2) is 0 Å². The number of anilines is 9. The van der Waals surface area contributed by atoms with Crippen molar-refractivity contribution >= 4 is 95.8 Å². The zero-order valence-electron chi connectivity index (χ0n) is 26.4. The second-order valence-electron chi connectivity index (χ2n) is 12.9. The molecule has 4 nitrogen and oxygen atoms in total. The quantitative estimate of drug-likeness (QED) is 0.179. The van der Waals surface area contributed by atoms with E-state index in [1.54, 1.807) is 0 Å². The average molecular weight is 646 g/mol. The number of benzene rings is 8. The molecular formula is C44H28N3OP. The van der Waals surface area contributed by atoms with E-state index < -0.39 is 7.14 Å². The van der Waals surface area contributed by atoms with Gasteiger partial charge in [-0.05, 0) is 71.4 Å². The first-order valence-electron chi connectivity index (χ1n) is 16.7. The Morgan fingerprint density at radius 2 is 0.735 bits per heavy atom. The number of rotatable bonds is 3. The van der Waals surface area contributed by atoms with Crippen LogP contribution in [0.2, 0.25) is 0 Å². The summed E-state index contributed by atoms with van der Waals surface area (Å²) in [5.74, 6) is 0. The number of fused-ring (bicyclic) bond motifs is 4. The van der Waals surface area contributed by atoms with Gasteiger partial charge in [0.15, 0.2) is 7.14 Å². The van der Waals surface area contributed by atoms with Crippen molar-refractivity contribution in [1.82, 2.24) is 0 Å². The minimum absolute atomic E-state index is 0.892. The summed E-state index contributed by atoms with van der Waals surface area (Å²) in [5.41, 5.74) is 8.93. The molecule has 0 saturated heterocycles. The number of para-hydroxylation sites is 3. The average Bonchev–Trinajstić information content (AvgIpc) is 3.16. The molecule has 0 amide bonds. The summed E-state index contributed by atoms with van der Waals surface area (Å²) in [7, 11) is -3.49. The Labute approximate surface area is 284 Å². The van der Waals surface area contributed by atoms with Crippen LogP contribution in [-0.2, 0) is 4.57 Å². The lowest BCUT2D eigenvalue weighted by atomic mass is 9.99. The lowest BCUT2D eigenvalue weighted by Gasteiger charge is -2.50. The van der Waals surface area contributed by atoms with Gasteiger partial charge in [-0.15, -0.1) is 0 Å². The zero-order chi connectivity index (χ0) is 32.3. The molecule has 0 bridgehead atoms. The van der Waals surface area contributed by atoms with Gasteiger partial charge in [0.2, 0.25) is 0 Å². The molecule has 8 aromatic rings. The molecule has 0 radical (unpaired) electrons. The van der Waals surface area contributed by atoms with E-state index in [2.05, 4.69) is 185 Å². The molecule has 0 spiro atoms. The monoisotopic (exact) mass is 645 g/mol. The van der Waals surface area contributed by atoms with Crippen molar-refractivity contribution < 1.29 is 4.57 Å². The second-order valence-corrected chi connectivity index (χ2v) is 15.5. The van der Waals surface area contributed by atoms with E-state index in [9.17, 15) is 0 Å². The standard InChI is InChI=1S/C44H28N3OP/c48-49-42-36-25-14-26-37(42)46(32-19-6-2-7-20-32)39-28-30-16-11-13-24-35(30)41(44(39)49)47(33-21-8-3-9-22-33)40-34-23-12-10-15-29(34)27-38(43(40)49)45(36)31-17-4-1-5-18-31/h1-28H. The third-order valence-electron chi connectivity index (χ3n) is 10.3. The van der Waals surface area contributed by atoms with E-state index in [-0.39, 0.29) is 0 Å². The predicted octanol–water partition coefficient (Wildman–Crippen LogP) is 11.0. The Morgan fingerprint density at radius 1 is 0.347 bits per heavy atom. The molecule has 5 heteroatoms. The van der Waals surface area contributed by atoms with Crippen molar-refractivity contribution in [2.75, 3.05) is 14.7 Å². The van der Waals surface area contributed by atoms with Gasteiger partial charge in [-0.2, -0.15) is 0 Å². The van der Waals surface area contributed by atoms with Crippen molar-refractivity contribution in [2.24, 2.45) is 0 Å². The van der Waals surface area contributed by atoms with Crippen LogP contribution in [0, 0.1) is 0 Å². The van der Waals surface area contributed by atoms with Gasteiger partial charge in [0.25, 0.3) is 0 Å². The Bertz CT molecular complexity index is 2550. The van der Waals surface area contributed by atoms with E-state index in [4.69, 9.17) is 0 Å². The summed E-state index contributed by atoms with van der Waals surface area (Å²) in [6.45, 7) is 0. The predicted molar refractivity (Wildman–Crippen MR) is 206 cm³/mol. The maximum absolute atomic E-state index is 17.1. The first kappa shape index (κ1) is 26.9. The van der Waals surface area contributed by atoms with Crippen LogP contribution in [0.4, 0.5) is 51.2 Å². The van der Waals surface area contributed by atoms with Crippen LogP contribution in [0.5, 0.6) is 0 Å². The first-order chi connectivity index (χ1) is 24.2. The Morgan fingerprint density at radius 3 is 1.18 bits per heavy atom. The van der Waals surface area contributed by atoms with Crippen molar-refractivity contribution in [2.45, 2.75) is 0 Å². The van der Waals surface area contributed by atoms with Crippen LogP contribution in [0.15, 0.2) is 170 Å². The second kappa shape index (κ2) is 9.73. The van der Waals surface area contributed by atoms with Crippen LogP contribution in [0.1, 0.15) is 0 Å². The van der Waals surface area contributed by atoms with E-state index in [0.29, 0.717) is 0 Å². The molecule has 230 valence electrons. The molecule has 8 aromatic carbocycles. The minimum atomic E-state index is -3.49. The van der Waals surface area contributed by atoms with Gasteiger partial charge >= 0.3 is 0 Å². The summed E-state index contributed by atoms with van der Waals surface area (Å²) in [6.07, 6.45) is 0. The summed E-state index contributed by atoms with van der Waals surface area (Å²) in [6, 6.07) is 59.7. The maximum Gasteiger partial charge on any atom is 0.183 e. The van der Waals surface area contributed by atoms with Crippen molar-refractivity contribution in [3.63, 3.8) is 0 Å². The Balaban J connectivity index is 1.42. The zero-order valence-corrected chi connectivity index (χ0v) is 27.3. The fourth-order valence-corrected chi connectivity index (χ4v) is 12.2. The smallest absolute Gasteiger partial charge is 0.183 e. The van der Waals surface area contributed by atoms with E-state index >= 15 is 4.57 Å². The third-order valence-corrected chi connectivity index (χ3v) is 13.6. The highest BCUT2D eigenvalue weighted by molar-refractivity contribution is 7.87. The highest BCUT2D eigenvalue weighted by Gasteiger charge is 2.55. The molecule has 3 aliphatic rings. The fourth-order valence-electron chi connectivity index (χ4n) is 8.48. The van der Waals surface area contributed by atoms with Gasteiger partial charge in [-0.1, -0.05) is 109 Å². The molecule has 0 saturated carbocycles. The molecule has 0 aromatic heterocycles. The largest absolute Gasteiger partial charge is 0.309 e. The van der Waals surface area contributed by atoms with Crippen LogP contribution in [0.25, 0.3) is 21.5 Å². The molecule has 0 N–H and O–H groups in total. The molecule has 0 aliphatic carbocycles. The Hall–Kier alpha value is -6.09. The molecule has 0 atom stereocenters. The van der Waals surface area contributed by atoms with E-state index in [1.165, 1.54) is 0 Å². The summed E-state index contributed by atoms with van der Waals surface area (Å²) in [4.78, 5) is 7.08. The molecular weight excluding hydrogens is 617 g/mol. The van der Waals surface area contributed by atoms with Gasteiger partial charge < -0.3 is 19.3 Å². The summed E-state index contributed by atoms with van der Waals surface area (Å²) in [5, 5.41) is 7.07. The van der Waals surface area contributed by atoms with Gasteiger partial charge in [-0.25, -0.2) is 0 Å². The molecule has 11 rings (SSSR count). The highest BCUT2D eigenvalue weighted by atomic mass is 31.2. The molecule has 0 fully saturated rings. The minimum Gasteiger partial charge on any atom is -0.309 e. The third kappa shape index (κ3) is 3.41. The van der Waals surface area contributed by atoms with Crippen LogP contribution in [0.3, 0.4) is 0 Å². The van der Waals surface area contributed by atoms with Gasteiger partial charge in [0.05, 0.1) is 50.0 Å². The molecule has 3 aliphatic heterocycles. The summed E-state index contributed by atoms with van der Waals surface area (Å²) >= 11 is 0. The topological polar surface area (TPSA) is 26.8 Å². The normalized spacial score (nSPS) is 14.7. The van der Waals surface area contributed by atoms with Crippen molar-refractivity contribution in [3.05, 3.63) is 170 Å². The lowest BCUT2D eigenvalue weighted by molar-refractivity contribution is 0.592. The number of hydrogen-bond acceptors (Lipinski definition) is 4. The fraction of sp³-hybridized carbons (Fsp3) is 0. The molecule has 3 heterocycles. The van der Waals surface area contributed by atoms with Crippen molar-refractivity contribution in [3.8, 4) is 0 Å². The number of hydrogen-bond donors (Lipinski definition) is 0. The first-order valence-corrected chi connectivity index (χ1v) is 18.4. The SMILES string of the molecule is O=P12c3c4cccc3N(c3ccccc3)c3cc5ccccc5c(c31)N(c1ccccc1)c1c2c(cc2ccccc12)N4c1ccccc1. The van der Waals surface area contributed by atoms with E-state index in [0.717, 1.165) is 88.6 Å².